The number of amides is 2. The van der Waals surface area contributed by atoms with Crippen LogP contribution in [0.3, 0.4) is 0 Å². The molecule has 2 amide bonds. The number of thioether (sulfide) groups is 1. The largest absolute Gasteiger partial charge is 0.341 e. The van der Waals surface area contributed by atoms with Crippen LogP contribution in [0.5, 0.6) is 0 Å². The Kier molecular flexibility index (Phi) is 7.14. The minimum atomic E-state index is -0.0784. The number of fused-ring (bicyclic) bond motifs is 1. The molecule has 7 heteroatoms. The zero-order valence-electron chi connectivity index (χ0n) is 19.5. The van der Waals surface area contributed by atoms with Gasteiger partial charge in [0.1, 0.15) is 6.54 Å². The van der Waals surface area contributed by atoms with Crippen LogP contribution < -0.4 is 5.32 Å². The van der Waals surface area contributed by atoms with Crippen molar-refractivity contribution < 1.29 is 9.59 Å². The van der Waals surface area contributed by atoms with Crippen LogP contribution in [0.15, 0.2) is 90.1 Å². The number of rotatable bonds is 7. The first-order chi connectivity index (χ1) is 17.2. The highest BCUT2D eigenvalue weighted by molar-refractivity contribution is 7.98. The Morgan fingerprint density at radius 2 is 1.54 bits per heavy atom. The topological polar surface area (TPSA) is 67.2 Å². The smallest absolute Gasteiger partial charge is 0.242 e. The Bertz CT molecular complexity index is 1300. The summed E-state index contributed by atoms with van der Waals surface area (Å²) in [6.07, 6.45) is 1.34. The average Bonchev–Trinajstić information content (AvgIpc) is 3.26. The van der Waals surface area contributed by atoms with Crippen molar-refractivity contribution in [3.05, 3.63) is 90.5 Å². The zero-order valence-corrected chi connectivity index (χ0v) is 20.3. The highest BCUT2D eigenvalue weighted by Crippen LogP contribution is 2.27. The van der Waals surface area contributed by atoms with E-state index >= 15 is 0 Å². The minimum Gasteiger partial charge on any atom is -0.341 e. The van der Waals surface area contributed by atoms with Crippen LogP contribution in [0, 0.1) is 5.92 Å². The van der Waals surface area contributed by atoms with E-state index < -0.39 is 0 Å². The second-order valence-electron chi connectivity index (χ2n) is 8.75. The van der Waals surface area contributed by atoms with Gasteiger partial charge >= 0.3 is 0 Å². The number of benzene rings is 3. The lowest BCUT2D eigenvalue weighted by Crippen LogP contribution is -2.42. The Labute approximate surface area is 209 Å². The molecular formula is C28H28N4O2S. The Morgan fingerprint density at radius 1 is 0.886 bits per heavy atom. The second kappa shape index (κ2) is 10.8. The molecule has 1 fully saturated rings. The lowest BCUT2D eigenvalue weighted by Gasteiger charge is -2.31. The normalized spacial score (nSPS) is 14.2. The summed E-state index contributed by atoms with van der Waals surface area (Å²) in [5, 5.41) is 3.84. The van der Waals surface area contributed by atoms with Gasteiger partial charge in [-0.15, -0.1) is 0 Å². The quantitative estimate of drug-likeness (QED) is 0.366. The van der Waals surface area contributed by atoms with Gasteiger partial charge in [0.2, 0.25) is 11.8 Å². The van der Waals surface area contributed by atoms with E-state index in [1.807, 2.05) is 82.3 Å². The van der Waals surface area contributed by atoms with Crippen molar-refractivity contribution in [1.82, 2.24) is 14.5 Å². The van der Waals surface area contributed by atoms with Gasteiger partial charge in [0.15, 0.2) is 5.16 Å². The van der Waals surface area contributed by atoms with Gasteiger partial charge in [-0.2, -0.15) is 0 Å². The van der Waals surface area contributed by atoms with Crippen molar-refractivity contribution in [2.45, 2.75) is 30.3 Å². The molecule has 3 aromatic carbocycles. The lowest BCUT2D eigenvalue weighted by molar-refractivity contribution is -0.135. The van der Waals surface area contributed by atoms with Gasteiger partial charge in [-0.05, 0) is 42.7 Å². The van der Waals surface area contributed by atoms with Gasteiger partial charge in [0.05, 0.1) is 11.0 Å². The number of carbonyl (C=O) groups excluding carboxylic acids is 2. The van der Waals surface area contributed by atoms with Crippen molar-refractivity contribution in [2.75, 3.05) is 18.4 Å². The van der Waals surface area contributed by atoms with Gasteiger partial charge in [-0.3, -0.25) is 9.59 Å². The first kappa shape index (κ1) is 23.2. The molecule has 1 aliphatic rings. The molecule has 35 heavy (non-hydrogen) atoms. The molecule has 1 saturated heterocycles. The van der Waals surface area contributed by atoms with Gasteiger partial charge in [-0.25, -0.2) is 4.98 Å². The van der Waals surface area contributed by atoms with E-state index in [-0.39, 0.29) is 24.3 Å². The fourth-order valence-electron chi connectivity index (χ4n) is 4.43. The molecule has 0 aliphatic carbocycles. The van der Waals surface area contributed by atoms with Crippen LogP contribution in [0.2, 0.25) is 0 Å². The first-order valence-corrected chi connectivity index (χ1v) is 12.9. The maximum atomic E-state index is 13.3. The molecular weight excluding hydrogens is 456 g/mol. The minimum absolute atomic E-state index is 0.0310. The van der Waals surface area contributed by atoms with Crippen molar-refractivity contribution in [3.63, 3.8) is 0 Å². The molecule has 5 rings (SSSR count). The molecule has 0 bridgehead atoms. The summed E-state index contributed by atoms with van der Waals surface area (Å²) in [6.45, 7) is 1.42. The zero-order chi connectivity index (χ0) is 24.0. The number of hydrogen-bond donors (Lipinski definition) is 1. The number of likely N-dealkylation sites (tertiary alicyclic amines) is 1. The molecule has 0 atom stereocenters. The van der Waals surface area contributed by atoms with Crippen molar-refractivity contribution >= 4 is 40.3 Å². The molecule has 0 radical (unpaired) electrons. The summed E-state index contributed by atoms with van der Waals surface area (Å²) < 4.78 is 2.03. The highest BCUT2D eigenvalue weighted by atomic mass is 32.2. The van der Waals surface area contributed by atoms with Crippen LogP contribution in [0.25, 0.3) is 11.0 Å². The van der Waals surface area contributed by atoms with Crippen LogP contribution in [-0.2, 0) is 21.9 Å². The van der Waals surface area contributed by atoms with E-state index in [1.54, 1.807) is 11.8 Å². The van der Waals surface area contributed by atoms with Gasteiger partial charge in [-0.1, -0.05) is 72.4 Å². The second-order valence-corrected chi connectivity index (χ2v) is 9.70. The third-order valence-electron chi connectivity index (χ3n) is 6.38. The number of para-hydroxylation sites is 3. The standard InChI is InChI=1S/C28H28N4O2S/c33-26(31-17-15-22(16-18-31)27(34)29-23-11-5-2-6-12-23)19-32-25-14-8-7-13-24(25)30-28(32)35-20-21-9-3-1-4-10-21/h1-14,22H,15-20H2,(H,29,34). The molecule has 6 nitrogen and oxygen atoms in total. The molecule has 2 heterocycles. The summed E-state index contributed by atoms with van der Waals surface area (Å²) in [5.74, 6) is 0.811. The van der Waals surface area contributed by atoms with Gasteiger partial charge < -0.3 is 14.8 Å². The Morgan fingerprint density at radius 3 is 2.29 bits per heavy atom. The summed E-state index contributed by atoms with van der Waals surface area (Å²) >= 11 is 1.65. The number of imidazole rings is 1. The molecule has 0 spiro atoms. The molecule has 1 N–H and O–H groups in total. The summed E-state index contributed by atoms with van der Waals surface area (Å²) in [4.78, 5) is 32.6. The number of nitrogens with one attached hydrogen (secondary N) is 1. The third kappa shape index (κ3) is 5.57. The Balaban J connectivity index is 1.23. The van der Waals surface area contributed by atoms with Crippen molar-refractivity contribution in [3.8, 4) is 0 Å². The number of piperidine rings is 1. The maximum Gasteiger partial charge on any atom is 0.242 e. The predicted octanol–water partition coefficient (Wildman–Crippen LogP) is 5.21. The van der Waals surface area contributed by atoms with Gasteiger partial charge in [0.25, 0.3) is 0 Å². The van der Waals surface area contributed by atoms with Gasteiger partial charge in [0, 0.05) is 30.4 Å². The number of anilines is 1. The summed E-state index contributed by atoms with van der Waals surface area (Å²) in [5.41, 5.74) is 3.89. The molecule has 178 valence electrons. The molecule has 4 aromatic rings. The van der Waals surface area contributed by atoms with Crippen molar-refractivity contribution in [1.29, 1.82) is 0 Å². The van der Waals surface area contributed by atoms with E-state index in [4.69, 9.17) is 4.98 Å². The van der Waals surface area contributed by atoms with Crippen LogP contribution >= 0.6 is 11.8 Å². The fourth-order valence-corrected chi connectivity index (χ4v) is 5.40. The highest BCUT2D eigenvalue weighted by Gasteiger charge is 2.28. The number of aromatic nitrogens is 2. The van der Waals surface area contributed by atoms with E-state index in [2.05, 4.69) is 17.4 Å². The lowest BCUT2D eigenvalue weighted by atomic mass is 9.95. The van der Waals surface area contributed by atoms with Crippen molar-refractivity contribution in [2.24, 2.45) is 5.92 Å². The molecule has 1 aliphatic heterocycles. The molecule has 1 aromatic heterocycles. The number of nitrogens with zero attached hydrogens (tertiary/aromatic N) is 3. The molecule has 0 unspecified atom stereocenters. The van der Waals surface area contributed by atoms with E-state index in [0.29, 0.717) is 25.9 Å². The predicted molar refractivity (Wildman–Crippen MR) is 140 cm³/mol. The molecule has 0 saturated carbocycles. The Hall–Kier alpha value is -3.58. The van der Waals surface area contributed by atoms with Crippen LogP contribution in [0.4, 0.5) is 5.69 Å². The summed E-state index contributed by atoms with van der Waals surface area (Å²) in [7, 11) is 0. The van der Waals surface area contributed by atoms with E-state index in [0.717, 1.165) is 27.6 Å². The maximum absolute atomic E-state index is 13.3. The first-order valence-electron chi connectivity index (χ1n) is 11.9. The number of carbonyl (C=O) groups is 2. The van der Waals surface area contributed by atoms with Crippen LogP contribution in [-0.4, -0.2) is 39.4 Å². The summed E-state index contributed by atoms with van der Waals surface area (Å²) in [6, 6.07) is 27.7. The van der Waals surface area contributed by atoms with E-state index in [1.165, 1.54) is 5.56 Å². The van der Waals surface area contributed by atoms with Crippen LogP contribution in [0.1, 0.15) is 18.4 Å². The third-order valence-corrected chi connectivity index (χ3v) is 7.43. The fraction of sp³-hybridized carbons (Fsp3) is 0.250. The number of hydrogen-bond acceptors (Lipinski definition) is 4. The average molecular weight is 485 g/mol. The van der Waals surface area contributed by atoms with E-state index in [9.17, 15) is 9.59 Å². The SMILES string of the molecule is O=C(Nc1ccccc1)C1CCN(C(=O)Cn2c(SCc3ccccc3)nc3ccccc32)CC1. The monoisotopic (exact) mass is 484 g/mol.